The quantitative estimate of drug-likeness (QED) is 0.616. The predicted molar refractivity (Wildman–Crippen MR) is 54.0 cm³/mol. The van der Waals surface area contributed by atoms with E-state index in [-0.39, 0.29) is 6.04 Å². The van der Waals surface area contributed by atoms with E-state index in [0.717, 1.165) is 6.42 Å². The number of hydrogen-bond acceptors (Lipinski definition) is 3. The van der Waals surface area contributed by atoms with Crippen LogP contribution in [0.25, 0.3) is 0 Å². The smallest absolute Gasteiger partial charge is 0.0967 e. The van der Waals surface area contributed by atoms with Gasteiger partial charge < -0.3 is 15.5 Å². The van der Waals surface area contributed by atoms with E-state index in [2.05, 4.69) is 5.32 Å². The van der Waals surface area contributed by atoms with Crippen molar-refractivity contribution in [2.45, 2.75) is 24.7 Å². The molecule has 0 saturated carbocycles. The summed E-state index contributed by atoms with van der Waals surface area (Å²) < 4.78 is 0. The summed E-state index contributed by atoms with van der Waals surface area (Å²) in [6.07, 6.45) is -0.502. The molecule has 0 unspecified atom stereocenters. The summed E-state index contributed by atoms with van der Waals surface area (Å²) in [6.45, 7) is 0.485. The molecule has 0 aliphatic carbocycles. The molecule has 3 heteroatoms. The van der Waals surface area contributed by atoms with Crippen LogP contribution in [0.3, 0.4) is 0 Å². The van der Waals surface area contributed by atoms with Crippen LogP contribution in [0, 0.1) is 0 Å². The summed E-state index contributed by atoms with van der Waals surface area (Å²) in [5.41, 5.74) is 1.18. The molecule has 2 rings (SSSR count). The first-order chi connectivity index (χ1) is 6.77. The first kappa shape index (κ1) is 9.65. The number of nitrogens with one attached hydrogen (secondary N) is 1. The van der Waals surface area contributed by atoms with E-state index in [1.54, 1.807) is 0 Å². The monoisotopic (exact) mass is 193 g/mol. The van der Waals surface area contributed by atoms with E-state index >= 15 is 0 Å². The van der Waals surface area contributed by atoms with Gasteiger partial charge in [0, 0.05) is 12.6 Å². The van der Waals surface area contributed by atoms with Crippen molar-refractivity contribution in [2.75, 3.05) is 6.54 Å². The van der Waals surface area contributed by atoms with Gasteiger partial charge in [0.2, 0.25) is 0 Å². The Balaban J connectivity index is 1.99. The van der Waals surface area contributed by atoms with E-state index in [1.807, 2.05) is 30.3 Å². The molecular weight excluding hydrogens is 178 g/mol. The maximum absolute atomic E-state index is 9.61. The largest absolute Gasteiger partial charge is 0.389 e. The first-order valence-corrected chi connectivity index (χ1v) is 4.91. The van der Waals surface area contributed by atoms with Gasteiger partial charge in [-0.3, -0.25) is 0 Å². The Kier molecular flexibility index (Phi) is 2.82. The molecule has 1 aromatic carbocycles. The van der Waals surface area contributed by atoms with Crippen molar-refractivity contribution in [1.82, 2.24) is 5.32 Å². The predicted octanol–water partition coefficient (Wildman–Crippen LogP) is -0.0773. The lowest BCUT2D eigenvalue weighted by Gasteiger charge is -2.15. The Morgan fingerprint density at radius 1 is 1.21 bits per heavy atom. The number of aliphatic hydroxyl groups is 2. The molecular formula is C11H15NO2. The molecule has 1 aromatic rings. The Morgan fingerprint density at radius 2 is 1.93 bits per heavy atom. The standard InChI is InChI=1S/C11H15NO2/c13-10-7-12-9(11(10)14)6-8-4-2-1-3-5-8/h1-5,9-14H,6-7H2/t9-,10-,11+/m0/s1. The normalized spacial score (nSPS) is 32.0. The summed E-state index contributed by atoms with van der Waals surface area (Å²) in [5.74, 6) is 0. The first-order valence-electron chi connectivity index (χ1n) is 4.91. The summed E-state index contributed by atoms with van der Waals surface area (Å²) >= 11 is 0. The van der Waals surface area contributed by atoms with Crippen LogP contribution >= 0.6 is 0 Å². The van der Waals surface area contributed by atoms with Gasteiger partial charge in [0.15, 0.2) is 0 Å². The number of rotatable bonds is 2. The van der Waals surface area contributed by atoms with E-state index in [0.29, 0.717) is 6.54 Å². The maximum atomic E-state index is 9.61. The second kappa shape index (κ2) is 4.09. The Bertz CT molecular complexity index is 289. The third-order valence-electron chi connectivity index (χ3n) is 2.69. The average Bonchev–Trinajstić information content (AvgIpc) is 2.52. The van der Waals surface area contributed by atoms with Crippen LogP contribution in [0.5, 0.6) is 0 Å². The molecule has 1 heterocycles. The van der Waals surface area contributed by atoms with Crippen molar-refractivity contribution in [3.63, 3.8) is 0 Å². The van der Waals surface area contributed by atoms with Crippen molar-refractivity contribution >= 4 is 0 Å². The second-order valence-electron chi connectivity index (χ2n) is 3.76. The van der Waals surface area contributed by atoms with Gasteiger partial charge in [-0.2, -0.15) is 0 Å². The highest BCUT2D eigenvalue weighted by Gasteiger charge is 2.32. The van der Waals surface area contributed by atoms with Crippen LogP contribution in [0.1, 0.15) is 5.56 Å². The zero-order valence-corrected chi connectivity index (χ0v) is 7.93. The third kappa shape index (κ3) is 1.95. The Labute approximate surface area is 83.4 Å². The zero-order valence-electron chi connectivity index (χ0n) is 7.93. The second-order valence-corrected chi connectivity index (χ2v) is 3.76. The molecule has 1 saturated heterocycles. The molecule has 0 spiro atoms. The van der Waals surface area contributed by atoms with Gasteiger partial charge in [0.1, 0.15) is 0 Å². The van der Waals surface area contributed by atoms with Crippen LogP contribution < -0.4 is 5.32 Å². The topological polar surface area (TPSA) is 52.5 Å². The highest BCUT2D eigenvalue weighted by atomic mass is 16.3. The lowest BCUT2D eigenvalue weighted by Crippen LogP contribution is -2.34. The van der Waals surface area contributed by atoms with Crippen molar-refractivity contribution in [3.8, 4) is 0 Å². The lowest BCUT2D eigenvalue weighted by molar-refractivity contribution is 0.0408. The SMILES string of the molecule is O[C@@H]1[C@H](Cc2ccccc2)NC[C@@H]1O. The van der Waals surface area contributed by atoms with Crippen molar-refractivity contribution in [2.24, 2.45) is 0 Å². The summed E-state index contributed by atoms with van der Waals surface area (Å²) in [7, 11) is 0. The Morgan fingerprint density at radius 3 is 2.50 bits per heavy atom. The van der Waals surface area contributed by atoms with Crippen LogP contribution in [0.2, 0.25) is 0 Å². The van der Waals surface area contributed by atoms with Gasteiger partial charge in [-0.15, -0.1) is 0 Å². The highest BCUT2D eigenvalue weighted by Crippen LogP contribution is 2.13. The maximum Gasteiger partial charge on any atom is 0.0967 e. The molecule has 76 valence electrons. The van der Waals surface area contributed by atoms with Crippen LogP contribution in [0.4, 0.5) is 0 Å². The molecule has 0 radical (unpaired) electrons. The van der Waals surface area contributed by atoms with Gasteiger partial charge >= 0.3 is 0 Å². The molecule has 0 bridgehead atoms. The third-order valence-corrected chi connectivity index (χ3v) is 2.69. The van der Waals surface area contributed by atoms with Crippen LogP contribution in [0.15, 0.2) is 30.3 Å². The Hall–Kier alpha value is -0.900. The number of β-amino-alcohol motifs (C(OH)–C–C–N with tert-alkyl or cyclic N) is 1. The number of hydrogen-bond donors (Lipinski definition) is 3. The highest BCUT2D eigenvalue weighted by molar-refractivity contribution is 5.17. The molecule has 1 fully saturated rings. The van der Waals surface area contributed by atoms with Gasteiger partial charge in [-0.25, -0.2) is 0 Å². The molecule has 1 aliphatic rings. The van der Waals surface area contributed by atoms with E-state index < -0.39 is 12.2 Å². The summed E-state index contributed by atoms with van der Waals surface area (Å²) in [4.78, 5) is 0. The van der Waals surface area contributed by atoms with E-state index in [4.69, 9.17) is 0 Å². The molecule has 3 atom stereocenters. The minimum Gasteiger partial charge on any atom is -0.389 e. The number of benzene rings is 1. The molecule has 14 heavy (non-hydrogen) atoms. The van der Waals surface area contributed by atoms with Crippen LogP contribution in [-0.4, -0.2) is 35.0 Å². The minimum absolute atomic E-state index is 0.0209. The van der Waals surface area contributed by atoms with Gasteiger partial charge in [0.25, 0.3) is 0 Å². The van der Waals surface area contributed by atoms with Crippen molar-refractivity contribution in [3.05, 3.63) is 35.9 Å². The lowest BCUT2D eigenvalue weighted by atomic mass is 10.0. The van der Waals surface area contributed by atoms with Crippen molar-refractivity contribution < 1.29 is 10.2 Å². The van der Waals surface area contributed by atoms with Crippen LogP contribution in [-0.2, 0) is 6.42 Å². The van der Waals surface area contributed by atoms with E-state index in [1.165, 1.54) is 5.56 Å². The fourth-order valence-corrected chi connectivity index (χ4v) is 1.84. The van der Waals surface area contributed by atoms with Gasteiger partial charge in [-0.1, -0.05) is 30.3 Å². The molecule has 0 amide bonds. The minimum atomic E-state index is -0.643. The number of aliphatic hydroxyl groups excluding tert-OH is 2. The summed E-state index contributed by atoms with van der Waals surface area (Å²) in [6, 6.07) is 9.96. The van der Waals surface area contributed by atoms with E-state index in [9.17, 15) is 10.2 Å². The zero-order chi connectivity index (χ0) is 9.97. The molecule has 0 aromatic heterocycles. The molecule has 3 N–H and O–H groups in total. The van der Waals surface area contributed by atoms with Crippen molar-refractivity contribution in [1.29, 1.82) is 0 Å². The fraction of sp³-hybridized carbons (Fsp3) is 0.455. The fourth-order valence-electron chi connectivity index (χ4n) is 1.84. The van der Waals surface area contributed by atoms with Gasteiger partial charge in [-0.05, 0) is 12.0 Å². The molecule has 1 aliphatic heterocycles. The van der Waals surface area contributed by atoms with Gasteiger partial charge in [0.05, 0.1) is 12.2 Å². The summed E-state index contributed by atoms with van der Waals surface area (Å²) in [5, 5.41) is 22.0. The average molecular weight is 193 g/mol. The molecule has 3 nitrogen and oxygen atoms in total.